The minimum Gasteiger partial charge on any atom is -0.465 e. The van der Waals surface area contributed by atoms with E-state index >= 15 is 0 Å². The van der Waals surface area contributed by atoms with Crippen LogP contribution in [0.25, 0.3) is 0 Å². The molecule has 0 rings (SSSR count). The number of hydrogen-bond donors (Lipinski definition) is 0. The number of rotatable bonds is 20. The maximum absolute atomic E-state index is 12.4. The van der Waals surface area contributed by atoms with Crippen molar-refractivity contribution in [3.63, 3.8) is 0 Å². The summed E-state index contributed by atoms with van der Waals surface area (Å²) in [4.78, 5) is 12.4. The van der Waals surface area contributed by atoms with Crippen molar-refractivity contribution in [3.8, 4) is 0 Å². The van der Waals surface area contributed by atoms with E-state index in [2.05, 4.69) is 27.7 Å². The highest BCUT2D eigenvalue weighted by atomic mass is 16.5. The predicted octanol–water partition coefficient (Wildman–Crippen LogP) is 8.47. The van der Waals surface area contributed by atoms with Gasteiger partial charge in [-0.3, -0.25) is 4.79 Å². The standard InChI is InChI=1S/C25H50O2/c1-5-9-11-12-13-14-15-16-17-18-19-21-24(8-4)25(26)27-22-23(7-3)20-10-6-2/h23-24H,5-22H2,1-4H3. The number of unbranched alkanes of at least 4 members (excludes halogenated alkanes) is 11. The van der Waals surface area contributed by atoms with Gasteiger partial charge in [-0.05, 0) is 25.2 Å². The predicted molar refractivity (Wildman–Crippen MR) is 119 cm³/mol. The van der Waals surface area contributed by atoms with Crippen LogP contribution in [0.4, 0.5) is 0 Å². The molecule has 0 bridgehead atoms. The minimum absolute atomic E-state index is 0.0551. The van der Waals surface area contributed by atoms with Crippen molar-refractivity contribution in [3.05, 3.63) is 0 Å². The first-order chi connectivity index (χ1) is 13.2. The van der Waals surface area contributed by atoms with E-state index in [1.165, 1.54) is 89.9 Å². The van der Waals surface area contributed by atoms with E-state index in [1.807, 2.05) is 0 Å². The molecule has 2 nitrogen and oxygen atoms in total. The van der Waals surface area contributed by atoms with Gasteiger partial charge < -0.3 is 4.74 Å². The van der Waals surface area contributed by atoms with Gasteiger partial charge in [0.15, 0.2) is 0 Å². The Bertz CT molecular complexity index is 313. The molecule has 0 aromatic rings. The monoisotopic (exact) mass is 382 g/mol. The van der Waals surface area contributed by atoms with Crippen molar-refractivity contribution in [1.82, 2.24) is 0 Å². The van der Waals surface area contributed by atoms with Gasteiger partial charge in [0.2, 0.25) is 0 Å². The average molecular weight is 383 g/mol. The molecule has 0 saturated heterocycles. The van der Waals surface area contributed by atoms with Crippen molar-refractivity contribution in [2.75, 3.05) is 6.61 Å². The second-order valence-electron chi connectivity index (χ2n) is 8.48. The Hall–Kier alpha value is -0.530. The van der Waals surface area contributed by atoms with Gasteiger partial charge in [-0.1, -0.05) is 118 Å². The lowest BCUT2D eigenvalue weighted by Gasteiger charge is -2.18. The lowest BCUT2D eigenvalue weighted by molar-refractivity contribution is -0.150. The van der Waals surface area contributed by atoms with E-state index in [0.717, 1.165) is 19.3 Å². The normalized spacial score (nSPS) is 13.5. The highest BCUT2D eigenvalue weighted by Gasteiger charge is 2.19. The largest absolute Gasteiger partial charge is 0.465 e. The van der Waals surface area contributed by atoms with Gasteiger partial charge in [-0.2, -0.15) is 0 Å². The van der Waals surface area contributed by atoms with Crippen molar-refractivity contribution >= 4 is 5.97 Å². The number of esters is 1. The average Bonchev–Trinajstić information content (AvgIpc) is 2.69. The van der Waals surface area contributed by atoms with E-state index in [9.17, 15) is 4.79 Å². The SMILES string of the molecule is CCCCCCCCCCCCCC(CC)C(=O)OCC(CC)CCCC. The molecule has 0 aliphatic heterocycles. The Labute approximate surface area is 171 Å². The van der Waals surface area contributed by atoms with Gasteiger partial charge in [0, 0.05) is 0 Å². The zero-order valence-corrected chi connectivity index (χ0v) is 19.2. The summed E-state index contributed by atoms with van der Waals surface area (Å²) in [6.45, 7) is 9.46. The summed E-state index contributed by atoms with van der Waals surface area (Å²) >= 11 is 0. The van der Waals surface area contributed by atoms with E-state index < -0.39 is 0 Å². The molecule has 0 radical (unpaired) electrons. The molecule has 0 aromatic carbocycles. The summed E-state index contributed by atoms with van der Waals surface area (Å²) in [6.07, 6.45) is 21.6. The molecule has 27 heavy (non-hydrogen) atoms. The summed E-state index contributed by atoms with van der Waals surface area (Å²) in [5, 5.41) is 0. The molecule has 0 fully saturated rings. The van der Waals surface area contributed by atoms with Crippen LogP contribution >= 0.6 is 0 Å². The third kappa shape index (κ3) is 16.2. The third-order valence-electron chi connectivity index (χ3n) is 5.99. The first kappa shape index (κ1) is 26.5. The Kier molecular flexibility index (Phi) is 19.8. The summed E-state index contributed by atoms with van der Waals surface area (Å²) in [5.74, 6) is 0.722. The van der Waals surface area contributed by atoms with Crippen molar-refractivity contribution in [2.45, 2.75) is 137 Å². The van der Waals surface area contributed by atoms with Crippen LogP contribution in [-0.4, -0.2) is 12.6 Å². The van der Waals surface area contributed by atoms with Crippen molar-refractivity contribution < 1.29 is 9.53 Å². The molecule has 0 aromatic heterocycles. The molecule has 0 spiro atoms. The first-order valence-corrected chi connectivity index (χ1v) is 12.4. The van der Waals surface area contributed by atoms with E-state index in [4.69, 9.17) is 4.74 Å². The smallest absolute Gasteiger partial charge is 0.308 e. The van der Waals surface area contributed by atoms with Crippen molar-refractivity contribution in [1.29, 1.82) is 0 Å². The summed E-state index contributed by atoms with van der Waals surface area (Å²) in [6, 6.07) is 0. The fourth-order valence-electron chi connectivity index (χ4n) is 3.76. The maximum Gasteiger partial charge on any atom is 0.308 e. The lowest BCUT2D eigenvalue weighted by atomic mass is 9.97. The van der Waals surface area contributed by atoms with Crippen LogP contribution in [0, 0.1) is 11.8 Å². The van der Waals surface area contributed by atoms with Crippen LogP contribution in [-0.2, 0) is 9.53 Å². The third-order valence-corrected chi connectivity index (χ3v) is 5.99. The van der Waals surface area contributed by atoms with Gasteiger partial charge in [0.25, 0.3) is 0 Å². The maximum atomic E-state index is 12.4. The number of hydrogen-bond acceptors (Lipinski definition) is 2. The van der Waals surface area contributed by atoms with Gasteiger partial charge in [-0.15, -0.1) is 0 Å². The summed E-state index contributed by atoms with van der Waals surface area (Å²) in [7, 11) is 0. The Balaban J connectivity index is 3.68. The van der Waals surface area contributed by atoms with Crippen LogP contribution in [0.1, 0.15) is 137 Å². The Morgan fingerprint density at radius 2 is 1.15 bits per heavy atom. The topological polar surface area (TPSA) is 26.3 Å². The fourth-order valence-corrected chi connectivity index (χ4v) is 3.76. The van der Waals surface area contributed by atoms with Gasteiger partial charge >= 0.3 is 5.97 Å². The molecular formula is C25H50O2. The molecule has 0 N–H and O–H groups in total. The van der Waals surface area contributed by atoms with Crippen LogP contribution in [0.15, 0.2) is 0 Å². The van der Waals surface area contributed by atoms with Gasteiger partial charge in [0.05, 0.1) is 12.5 Å². The molecule has 0 aliphatic carbocycles. The van der Waals surface area contributed by atoms with Gasteiger partial charge in [-0.25, -0.2) is 0 Å². The highest BCUT2D eigenvalue weighted by Crippen LogP contribution is 2.19. The van der Waals surface area contributed by atoms with E-state index in [-0.39, 0.29) is 11.9 Å². The zero-order chi connectivity index (χ0) is 20.2. The zero-order valence-electron chi connectivity index (χ0n) is 19.2. The Morgan fingerprint density at radius 1 is 0.630 bits per heavy atom. The second-order valence-corrected chi connectivity index (χ2v) is 8.48. The van der Waals surface area contributed by atoms with Crippen molar-refractivity contribution in [2.24, 2.45) is 11.8 Å². The molecule has 0 aliphatic rings. The molecule has 162 valence electrons. The van der Waals surface area contributed by atoms with Crippen LogP contribution in [0.5, 0.6) is 0 Å². The Morgan fingerprint density at radius 3 is 1.63 bits per heavy atom. The molecule has 2 atom stereocenters. The minimum atomic E-state index is 0.0551. The summed E-state index contributed by atoms with van der Waals surface area (Å²) < 4.78 is 5.66. The summed E-state index contributed by atoms with van der Waals surface area (Å²) in [5.41, 5.74) is 0. The molecule has 0 saturated carbocycles. The van der Waals surface area contributed by atoms with Crippen LogP contribution < -0.4 is 0 Å². The van der Waals surface area contributed by atoms with Gasteiger partial charge in [0.1, 0.15) is 0 Å². The fraction of sp³-hybridized carbons (Fsp3) is 0.960. The molecule has 2 unspecified atom stereocenters. The quantitative estimate of drug-likeness (QED) is 0.156. The van der Waals surface area contributed by atoms with Crippen LogP contribution in [0.3, 0.4) is 0 Å². The number of carbonyl (C=O) groups excluding carboxylic acids is 1. The van der Waals surface area contributed by atoms with E-state index in [0.29, 0.717) is 12.5 Å². The molecular weight excluding hydrogens is 332 g/mol. The molecule has 0 amide bonds. The molecule has 2 heteroatoms. The lowest BCUT2D eigenvalue weighted by Crippen LogP contribution is -2.21. The van der Waals surface area contributed by atoms with Crippen LogP contribution in [0.2, 0.25) is 0 Å². The molecule has 0 heterocycles. The van der Waals surface area contributed by atoms with E-state index in [1.54, 1.807) is 0 Å². The highest BCUT2D eigenvalue weighted by molar-refractivity contribution is 5.72. The number of carbonyl (C=O) groups is 1. The second kappa shape index (κ2) is 20.2. The first-order valence-electron chi connectivity index (χ1n) is 12.4. The number of ether oxygens (including phenoxy) is 1.